The Hall–Kier alpha value is -1.16. The van der Waals surface area contributed by atoms with Gasteiger partial charge in [-0.25, -0.2) is 0 Å². The van der Waals surface area contributed by atoms with Gasteiger partial charge in [0.1, 0.15) is 0 Å². The van der Waals surface area contributed by atoms with Gasteiger partial charge in [-0.05, 0) is 37.9 Å². The fraction of sp³-hybridized carbons (Fsp3) is 0.667. The molecule has 0 radical (unpaired) electrons. The second-order valence-corrected chi connectivity index (χ2v) is 4.39. The molecule has 0 saturated carbocycles. The number of hydrogen-bond donors (Lipinski definition) is 1. The van der Waals surface area contributed by atoms with Gasteiger partial charge in [0.05, 0.1) is 6.20 Å². The van der Waals surface area contributed by atoms with Crippen LogP contribution < -0.4 is 10.2 Å². The van der Waals surface area contributed by atoms with E-state index in [9.17, 15) is 0 Å². The zero-order chi connectivity index (χ0) is 11.4. The molecule has 4 nitrogen and oxygen atoms in total. The molecule has 1 saturated heterocycles. The van der Waals surface area contributed by atoms with Crippen molar-refractivity contribution in [1.82, 2.24) is 15.5 Å². The number of anilines is 1. The van der Waals surface area contributed by atoms with Gasteiger partial charge in [-0.3, -0.25) is 0 Å². The maximum absolute atomic E-state index is 4.23. The minimum absolute atomic E-state index is 0.580. The van der Waals surface area contributed by atoms with Crippen molar-refractivity contribution in [1.29, 1.82) is 0 Å². The first-order chi connectivity index (χ1) is 7.81. The molecule has 1 atom stereocenters. The molecule has 1 aromatic rings. The van der Waals surface area contributed by atoms with Gasteiger partial charge < -0.3 is 10.2 Å². The number of likely N-dealkylation sites (N-methyl/N-ethyl adjacent to an activating group) is 1. The van der Waals surface area contributed by atoms with E-state index >= 15 is 0 Å². The predicted octanol–water partition coefficient (Wildman–Crippen LogP) is 1.36. The van der Waals surface area contributed by atoms with Gasteiger partial charge in [0.2, 0.25) is 0 Å². The van der Waals surface area contributed by atoms with E-state index in [1.165, 1.54) is 18.4 Å². The fourth-order valence-electron chi connectivity index (χ4n) is 2.25. The van der Waals surface area contributed by atoms with Crippen molar-refractivity contribution in [2.45, 2.75) is 32.7 Å². The molecular formula is C12H20N4. The van der Waals surface area contributed by atoms with Gasteiger partial charge in [-0.15, -0.1) is 5.10 Å². The molecule has 0 spiro atoms. The molecule has 16 heavy (non-hydrogen) atoms. The van der Waals surface area contributed by atoms with E-state index in [1.807, 2.05) is 0 Å². The van der Waals surface area contributed by atoms with Crippen molar-refractivity contribution in [3.63, 3.8) is 0 Å². The quantitative estimate of drug-likeness (QED) is 0.832. The van der Waals surface area contributed by atoms with E-state index in [1.54, 1.807) is 6.20 Å². The van der Waals surface area contributed by atoms with Gasteiger partial charge in [-0.2, -0.15) is 5.10 Å². The molecule has 1 aliphatic rings. The highest BCUT2D eigenvalue weighted by molar-refractivity contribution is 5.41. The van der Waals surface area contributed by atoms with Crippen LogP contribution in [0.3, 0.4) is 0 Å². The number of nitrogens with one attached hydrogen (secondary N) is 1. The molecular weight excluding hydrogens is 200 g/mol. The molecule has 4 heteroatoms. The van der Waals surface area contributed by atoms with Crippen LogP contribution in [0.2, 0.25) is 0 Å². The van der Waals surface area contributed by atoms with Crippen LogP contribution in [0, 0.1) is 6.92 Å². The number of nitrogens with zero attached hydrogens (tertiary/aromatic N) is 3. The molecule has 0 aliphatic carbocycles. The summed E-state index contributed by atoms with van der Waals surface area (Å²) in [6, 6.07) is 2.70. The SMILES string of the molecule is CCNCC1CCCN1c1cc(C)cnn1. The molecule has 1 aromatic heterocycles. The van der Waals surface area contributed by atoms with Crippen molar-refractivity contribution >= 4 is 5.82 Å². The molecule has 2 rings (SSSR count). The van der Waals surface area contributed by atoms with Gasteiger partial charge in [-0.1, -0.05) is 6.92 Å². The average Bonchev–Trinajstić information content (AvgIpc) is 2.74. The fourth-order valence-corrected chi connectivity index (χ4v) is 2.25. The maximum atomic E-state index is 4.23. The second kappa shape index (κ2) is 5.25. The van der Waals surface area contributed by atoms with Gasteiger partial charge in [0.25, 0.3) is 0 Å². The average molecular weight is 220 g/mol. The smallest absolute Gasteiger partial charge is 0.151 e. The monoisotopic (exact) mass is 220 g/mol. The lowest BCUT2D eigenvalue weighted by Gasteiger charge is -2.25. The van der Waals surface area contributed by atoms with Gasteiger partial charge in [0, 0.05) is 19.1 Å². The van der Waals surface area contributed by atoms with Crippen molar-refractivity contribution in [3.8, 4) is 0 Å². The van der Waals surface area contributed by atoms with E-state index in [-0.39, 0.29) is 0 Å². The van der Waals surface area contributed by atoms with E-state index < -0.39 is 0 Å². The second-order valence-electron chi connectivity index (χ2n) is 4.39. The van der Waals surface area contributed by atoms with Crippen LogP contribution in [0.1, 0.15) is 25.3 Å². The maximum Gasteiger partial charge on any atom is 0.151 e. The Morgan fingerprint density at radius 3 is 3.19 bits per heavy atom. The lowest BCUT2D eigenvalue weighted by atomic mass is 10.2. The number of aryl methyl sites for hydroxylation is 1. The lowest BCUT2D eigenvalue weighted by Crippen LogP contribution is -2.38. The molecule has 2 heterocycles. The van der Waals surface area contributed by atoms with Crippen LogP contribution in [-0.4, -0.2) is 35.9 Å². The molecule has 1 aliphatic heterocycles. The third kappa shape index (κ3) is 2.50. The summed E-state index contributed by atoms with van der Waals surface area (Å²) < 4.78 is 0. The van der Waals surface area contributed by atoms with Crippen molar-refractivity contribution in [3.05, 3.63) is 17.8 Å². The zero-order valence-electron chi connectivity index (χ0n) is 10.1. The molecule has 0 amide bonds. The highest BCUT2D eigenvalue weighted by Gasteiger charge is 2.25. The van der Waals surface area contributed by atoms with Crippen molar-refractivity contribution in [2.75, 3.05) is 24.5 Å². The van der Waals surface area contributed by atoms with Crippen molar-refractivity contribution < 1.29 is 0 Å². The van der Waals surface area contributed by atoms with E-state index in [2.05, 4.69) is 40.3 Å². The summed E-state index contributed by atoms with van der Waals surface area (Å²) in [5.74, 6) is 1.03. The Labute approximate surface area is 97.1 Å². The van der Waals surface area contributed by atoms with E-state index in [4.69, 9.17) is 0 Å². The molecule has 1 fully saturated rings. The van der Waals surface area contributed by atoms with Crippen molar-refractivity contribution in [2.24, 2.45) is 0 Å². The highest BCUT2D eigenvalue weighted by atomic mass is 15.3. The van der Waals surface area contributed by atoms with Crippen LogP contribution in [0.25, 0.3) is 0 Å². The third-order valence-electron chi connectivity index (χ3n) is 3.08. The van der Waals surface area contributed by atoms with Crippen LogP contribution in [0.15, 0.2) is 12.3 Å². The predicted molar refractivity (Wildman–Crippen MR) is 65.7 cm³/mol. The van der Waals surface area contributed by atoms with E-state index in [0.29, 0.717) is 6.04 Å². The summed E-state index contributed by atoms with van der Waals surface area (Å²) in [6.45, 7) is 7.39. The molecule has 1 N–H and O–H groups in total. The van der Waals surface area contributed by atoms with Gasteiger partial charge in [0.15, 0.2) is 5.82 Å². The van der Waals surface area contributed by atoms with E-state index in [0.717, 1.165) is 25.5 Å². The Morgan fingerprint density at radius 1 is 1.56 bits per heavy atom. The summed E-state index contributed by atoms with van der Waals surface area (Å²) in [6.07, 6.45) is 4.31. The minimum atomic E-state index is 0.580. The lowest BCUT2D eigenvalue weighted by molar-refractivity contribution is 0.583. The first kappa shape index (κ1) is 11.3. The largest absolute Gasteiger partial charge is 0.351 e. The topological polar surface area (TPSA) is 41.0 Å². The zero-order valence-corrected chi connectivity index (χ0v) is 10.1. The molecule has 0 bridgehead atoms. The first-order valence-electron chi connectivity index (χ1n) is 6.08. The Kier molecular flexibility index (Phi) is 3.72. The van der Waals surface area contributed by atoms with Crippen LogP contribution in [0.4, 0.5) is 5.82 Å². The van der Waals surface area contributed by atoms with Crippen LogP contribution >= 0.6 is 0 Å². The Morgan fingerprint density at radius 2 is 2.44 bits per heavy atom. The number of aromatic nitrogens is 2. The first-order valence-corrected chi connectivity index (χ1v) is 6.08. The summed E-state index contributed by atoms with van der Waals surface area (Å²) in [4.78, 5) is 2.38. The summed E-state index contributed by atoms with van der Waals surface area (Å²) in [5.41, 5.74) is 1.18. The molecule has 1 unspecified atom stereocenters. The summed E-state index contributed by atoms with van der Waals surface area (Å²) in [7, 11) is 0. The third-order valence-corrected chi connectivity index (χ3v) is 3.08. The number of rotatable bonds is 4. The summed E-state index contributed by atoms with van der Waals surface area (Å²) in [5, 5.41) is 11.7. The highest BCUT2D eigenvalue weighted by Crippen LogP contribution is 2.23. The van der Waals surface area contributed by atoms with Crippen LogP contribution in [0.5, 0.6) is 0 Å². The van der Waals surface area contributed by atoms with Crippen LogP contribution in [-0.2, 0) is 0 Å². The normalized spacial score (nSPS) is 20.4. The molecule has 0 aromatic carbocycles. The number of hydrogen-bond acceptors (Lipinski definition) is 4. The Balaban J connectivity index is 2.07. The standard InChI is InChI=1S/C12H20N4/c1-3-13-9-11-5-4-6-16(11)12-7-10(2)8-14-15-12/h7-8,11,13H,3-6,9H2,1-2H3. The Bertz CT molecular complexity index is 340. The molecule has 88 valence electrons. The minimum Gasteiger partial charge on any atom is -0.351 e. The summed E-state index contributed by atoms with van der Waals surface area (Å²) >= 11 is 0. The van der Waals surface area contributed by atoms with Gasteiger partial charge >= 0.3 is 0 Å².